The van der Waals surface area contributed by atoms with E-state index in [0.29, 0.717) is 17.1 Å². The van der Waals surface area contributed by atoms with Crippen LogP contribution in [0.15, 0.2) is 64.6 Å². The molecule has 0 spiro atoms. The van der Waals surface area contributed by atoms with Crippen molar-refractivity contribution in [1.29, 1.82) is 0 Å². The molecule has 0 saturated heterocycles. The van der Waals surface area contributed by atoms with Gasteiger partial charge < -0.3 is 0 Å². The van der Waals surface area contributed by atoms with Gasteiger partial charge in [0.1, 0.15) is 5.82 Å². The van der Waals surface area contributed by atoms with Gasteiger partial charge in [-0.1, -0.05) is 6.07 Å². The molecule has 0 N–H and O–H groups in total. The van der Waals surface area contributed by atoms with Gasteiger partial charge in [0.15, 0.2) is 0 Å². The molecule has 110 valence electrons. The molecule has 0 aromatic carbocycles. The minimum absolute atomic E-state index is 0.106. The molecular weight excluding hydrogens is 278 g/mol. The third-order valence-corrected chi connectivity index (χ3v) is 3.68. The van der Waals surface area contributed by atoms with Gasteiger partial charge in [0.2, 0.25) is 0 Å². The largest absolute Gasteiger partial charge is 0.284 e. The predicted octanol–water partition coefficient (Wildman–Crippen LogP) is 2.00. The zero-order chi connectivity index (χ0) is 15.7. The van der Waals surface area contributed by atoms with E-state index in [4.69, 9.17) is 0 Å². The average molecular weight is 293 g/mol. The summed E-state index contributed by atoms with van der Waals surface area (Å²) in [5, 5.41) is 0. The number of aryl methyl sites for hydroxylation is 1. The molecule has 3 aromatic rings. The molecule has 0 aliphatic rings. The molecule has 3 heterocycles. The minimum atomic E-state index is -0.132. The fourth-order valence-corrected chi connectivity index (χ4v) is 2.24. The lowest BCUT2D eigenvalue weighted by Gasteiger charge is -2.10. The first kappa shape index (κ1) is 14.0. The molecule has 0 saturated carbocycles. The summed E-state index contributed by atoms with van der Waals surface area (Å²) in [7, 11) is 0. The summed E-state index contributed by atoms with van der Waals surface area (Å²) in [5.74, 6) is 0.487. The van der Waals surface area contributed by atoms with Crippen molar-refractivity contribution in [3.05, 3.63) is 86.8 Å². The van der Waals surface area contributed by atoms with Crippen LogP contribution in [0.4, 0.5) is 0 Å². The Morgan fingerprint density at radius 2 is 1.77 bits per heavy atom. The number of pyridine rings is 3. The van der Waals surface area contributed by atoms with Crippen LogP contribution in [-0.2, 0) is 0 Å². The Balaban J connectivity index is 2.18. The van der Waals surface area contributed by atoms with Crippen LogP contribution in [0.5, 0.6) is 0 Å². The maximum Gasteiger partial charge on any atom is 0.259 e. The van der Waals surface area contributed by atoms with E-state index in [1.165, 1.54) is 15.2 Å². The Labute approximate surface area is 127 Å². The van der Waals surface area contributed by atoms with E-state index in [-0.39, 0.29) is 11.1 Å². The van der Waals surface area contributed by atoms with Crippen LogP contribution in [-0.4, -0.2) is 14.1 Å². The van der Waals surface area contributed by atoms with Crippen molar-refractivity contribution in [3.8, 4) is 11.5 Å². The topological polar surface area (TPSA) is 56.9 Å². The molecule has 0 aliphatic heterocycles. The molecule has 0 atom stereocenters. The minimum Gasteiger partial charge on any atom is -0.284 e. The normalized spacial score (nSPS) is 10.6. The van der Waals surface area contributed by atoms with Gasteiger partial charge in [0.05, 0.1) is 5.69 Å². The van der Waals surface area contributed by atoms with Gasteiger partial charge in [-0.2, -0.15) is 0 Å². The molecule has 0 amide bonds. The summed E-state index contributed by atoms with van der Waals surface area (Å²) >= 11 is 0. The highest BCUT2D eigenvalue weighted by Gasteiger charge is 2.07. The van der Waals surface area contributed by atoms with Crippen molar-refractivity contribution in [1.82, 2.24) is 14.1 Å². The van der Waals surface area contributed by atoms with Crippen LogP contribution in [0.25, 0.3) is 11.5 Å². The zero-order valence-electron chi connectivity index (χ0n) is 12.4. The van der Waals surface area contributed by atoms with Crippen molar-refractivity contribution in [3.63, 3.8) is 0 Å². The van der Waals surface area contributed by atoms with Crippen LogP contribution >= 0.6 is 0 Å². The number of nitrogens with zero attached hydrogens (tertiary/aromatic N) is 3. The molecule has 22 heavy (non-hydrogen) atoms. The maximum atomic E-state index is 12.4. The maximum absolute atomic E-state index is 12.4. The van der Waals surface area contributed by atoms with E-state index in [9.17, 15) is 9.59 Å². The number of rotatable bonds is 2. The van der Waals surface area contributed by atoms with Gasteiger partial charge in [-0.25, -0.2) is 4.98 Å². The molecule has 3 rings (SSSR count). The van der Waals surface area contributed by atoms with Gasteiger partial charge in [-0.15, -0.1) is 0 Å². The van der Waals surface area contributed by atoms with Gasteiger partial charge in [0.25, 0.3) is 11.1 Å². The van der Waals surface area contributed by atoms with Gasteiger partial charge in [-0.05, 0) is 37.6 Å². The summed E-state index contributed by atoms with van der Waals surface area (Å²) in [6, 6.07) is 10.3. The lowest BCUT2D eigenvalue weighted by Crippen LogP contribution is -2.22. The molecule has 0 unspecified atom stereocenters. The molecule has 5 heteroatoms. The van der Waals surface area contributed by atoms with Crippen molar-refractivity contribution < 1.29 is 0 Å². The van der Waals surface area contributed by atoms with E-state index < -0.39 is 0 Å². The molecule has 0 bridgehead atoms. The van der Waals surface area contributed by atoms with Crippen molar-refractivity contribution in [2.75, 3.05) is 0 Å². The predicted molar refractivity (Wildman–Crippen MR) is 84.9 cm³/mol. The second-order valence-electron chi connectivity index (χ2n) is 5.08. The van der Waals surface area contributed by atoms with Crippen molar-refractivity contribution in [2.45, 2.75) is 13.8 Å². The first-order valence-corrected chi connectivity index (χ1v) is 6.91. The fourth-order valence-electron chi connectivity index (χ4n) is 2.24. The number of hydrogen-bond donors (Lipinski definition) is 0. The van der Waals surface area contributed by atoms with E-state index in [2.05, 4.69) is 4.98 Å². The van der Waals surface area contributed by atoms with Crippen LogP contribution in [0.1, 0.15) is 11.1 Å². The van der Waals surface area contributed by atoms with Crippen molar-refractivity contribution >= 4 is 0 Å². The number of aromatic nitrogens is 3. The monoisotopic (exact) mass is 293 g/mol. The molecule has 0 radical (unpaired) electrons. The third-order valence-electron chi connectivity index (χ3n) is 3.68. The second kappa shape index (κ2) is 5.44. The Morgan fingerprint density at radius 1 is 0.955 bits per heavy atom. The van der Waals surface area contributed by atoms with Gasteiger partial charge >= 0.3 is 0 Å². The lowest BCUT2D eigenvalue weighted by molar-refractivity contribution is 0.905. The molecule has 5 nitrogen and oxygen atoms in total. The lowest BCUT2D eigenvalue weighted by atomic mass is 10.2. The van der Waals surface area contributed by atoms with Crippen molar-refractivity contribution in [2.24, 2.45) is 0 Å². The van der Waals surface area contributed by atoms with E-state index in [1.54, 1.807) is 49.8 Å². The first-order valence-electron chi connectivity index (χ1n) is 6.91. The summed E-state index contributed by atoms with van der Waals surface area (Å²) in [6.45, 7) is 3.69. The second-order valence-corrected chi connectivity index (χ2v) is 5.08. The van der Waals surface area contributed by atoms with Crippen LogP contribution < -0.4 is 11.1 Å². The van der Waals surface area contributed by atoms with Gasteiger partial charge in [-0.3, -0.25) is 18.7 Å². The quantitative estimate of drug-likeness (QED) is 0.726. The summed E-state index contributed by atoms with van der Waals surface area (Å²) in [4.78, 5) is 28.5. The first-order chi connectivity index (χ1) is 10.6. The smallest absolute Gasteiger partial charge is 0.259 e. The highest BCUT2D eigenvalue weighted by Crippen LogP contribution is 2.10. The van der Waals surface area contributed by atoms with Crippen LogP contribution in [0.3, 0.4) is 0 Å². The molecular formula is C17H15N3O2. The summed E-state index contributed by atoms with van der Waals surface area (Å²) < 4.78 is 3.00. The third kappa shape index (κ3) is 2.37. The Bertz CT molecular complexity index is 954. The van der Waals surface area contributed by atoms with E-state index in [1.807, 2.05) is 13.0 Å². The Kier molecular flexibility index (Phi) is 3.47. The summed E-state index contributed by atoms with van der Waals surface area (Å²) in [5.41, 5.74) is 2.06. The highest BCUT2D eigenvalue weighted by atomic mass is 16.1. The zero-order valence-corrected chi connectivity index (χ0v) is 12.4. The molecule has 0 aliphatic carbocycles. The van der Waals surface area contributed by atoms with E-state index in [0.717, 1.165) is 5.56 Å². The Morgan fingerprint density at radius 3 is 2.55 bits per heavy atom. The Hall–Kier alpha value is -2.95. The molecule has 3 aromatic heterocycles. The van der Waals surface area contributed by atoms with E-state index >= 15 is 0 Å². The van der Waals surface area contributed by atoms with Crippen LogP contribution in [0, 0.1) is 13.8 Å². The average Bonchev–Trinajstić information content (AvgIpc) is 2.53. The number of hydrogen-bond acceptors (Lipinski definition) is 3. The van der Waals surface area contributed by atoms with Crippen LogP contribution in [0.2, 0.25) is 0 Å². The fraction of sp³-hybridized carbons (Fsp3) is 0.118. The highest BCUT2D eigenvalue weighted by molar-refractivity contribution is 5.39. The molecule has 0 fully saturated rings. The summed E-state index contributed by atoms with van der Waals surface area (Å²) in [6.07, 6.45) is 4.97. The SMILES string of the molecule is Cc1ccn(-c2cc(-n3ccccc3=O)ccn2)c(=O)c1C. The van der Waals surface area contributed by atoms with Gasteiger partial charge in [0, 0.05) is 36.3 Å². The standard InChI is InChI=1S/C17H15N3O2/c1-12-7-10-20(17(22)13(12)2)15-11-14(6-8-18-15)19-9-4-3-5-16(19)21/h3-11H,1-2H3.